The number of hydrogen-bond acceptors (Lipinski definition) is 2. The molecule has 1 aliphatic rings. The van der Waals surface area contributed by atoms with Crippen LogP contribution in [0.2, 0.25) is 0 Å². The third-order valence-electron chi connectivity index (χ3n) is 4.30. The van der Waals surface area contributed by atoms with Crippen LogP contribution in [0.1, 0.15) is 45.1 Å². The molecular weight excluding hydrogens is 244 g/mol. The third-order valence-corrected chi connectivity index (χ3v) is 4.30. The molecule has 1 aromatic carbocycles. The van der Waals surface area contributed by atoms with Gasteiger partial charge in [0.2, 0.25) is 0 Å². The molecule has 2 rings (SSSR count). The summed E-state index contributed by atoms with van der Waals surface area (Å²) in [5.74, 6) is 0.955. The molecule has 1 aromatic rings. The highest BCUT2D eigenvalue weighted by Gasteiger charge is 2.18. The standard InChI is InChI=1S/C18H30N2/c1-16(2)19-12-6-9-17-10-13-20(14-11-17)15-18-7-4-3-5-8-18/h3-5,7-8,16-17,19H,6,9-15H2,1-2H3. The van der Waals surface area contributed by atoms with Crippen LogP contribution in [0.3, 0.4) is 0 Å². The number of rotatable bonds is 7. The summed E-state index contributed by atoms with van der Waals surface area (Å²) in [6.07, 6.45) is 5.50. The van der Waals surface area contributed by atoms with Crippen molar-refractivity contribution in [2.24, 2.45) is 5.92 Å². The first-order chi connectivity index (χ1) is 9.74. The van der Waals surface area contributed by atoms with E-state index in [9.17, 15) is 0 Å². The third kappa shape index (κ3) is 5.64. The van der Waals surface area contributed by atoms with Crippen LogP contribution in [0, 0.1) is 5.92 Å². The molecule has 1 saturated heterocycles. The van der Waals surface area contributed by atoms with Crippen molar-refractivity contribution in [2.75, 3.05) is 19.6 Å². The molecule has 1 fully saturated rings. The highest BCUT2D eigenvalue weighted by atomic mass is 15.1. The number of likely N-dealkylation sites (tertiary alicyclic amines) is 1. The van der Waals surface area contributed by atoms with Gasteiger partial charge in [0.25, 0.3) is 0 Å². The largest absolute Gasteiger partial charge is 0.315 e. The Morgan fingerprint density at radius 2 is 1.85 bits per heavy atom. The van der Waals surface area contributed by atoms with E-state index < -0.39 is 0 Å². The van der Waals surface area contributed by atoms with Crippen LogP contribution in [0.25, 0.3) is 0 Å². The van der Waals surface area contributed by atoms with Gasteiger partial charge in [-0.2, -0.15) is 0 Å². The molecule has 0 unspecified atom stereocenters. The molecule has 20 heavy (non-hydrogen) atoms. The maximum atomic E-state index is 3.52. The average Bonchev–Trinajstić information content (AvgIpc) is 2.46. The van der Waals surface area contributed by atoms with Crippen LogP contribution in [0.15, 0.2) is 30.3 Å². The van der Waals surface area contributed by atoms with Gasteiger partial charge in [-0.3, -0.25) is 4.90 Å². The fourth-order valence-electron chi connectivity index (χ4n) is 3.06. The molecule has 0 aliphatic carbocycles. The van der Waals surface area contributed by atoms with Gasteiger partial charge < -0.3 is 5.32 Å². The molecule has 1 N–H and O–H groups in total. The van der Waals surface area contributed by atoms with Gasteiger partial charge in [-0.05, 0) is 56.8 Å². The predicted octanol–water partition coefficient (Wildman–Crippen LogP) is 3.68. The summed E-state index contributed by atoms with van der Waals surface area (Å²) in [4.78, 5) is 2.61. The lowest BCUT2D eigenvalue weighted by molar-refractivity contribution is 0.170. The summed E-state index contributed by atoms with van der Waals surface area (Å²) in [7, 11) is 0. The summed E-state index contributed by atoms with van der Waals surface area (Å²) in [6, 6.07) is 11.5. The molecule has 0 amide bonds. The molecule has 1 heterocycles. The second-order valence-corrected chi connectivity index (χ2v) is 6.46. The molecular formula is C18H30N2. The van der Waals surface area contributed by atoms with E-state index in [0.717, 1.165) is 12.5 Å². The maximum Gasteiger partial charge on any atom is 0.0233 e. The van der Waals surface area contributed by atoms with Gasteiger partial charge in [0.1, 0.15) is 0 Å². The van der Waals surface area contributed by atoms with E-state index in [0.29, 0.717) is 6.04 Å². The van der Waals surface area contributed by atoms with Crippen LogP contribution in [-0.4, -0.2) is 30.6 Å². The van der Waals surface area contributed by atoms with Gasteiger partial charge in [0.15, 0.2) is 0 Å². The van der Waals surface area contributed by atoms with Gasteiger partial charge in [-0.15, -0.1) is 0 Å². The van der Waals surface area contributed by atoms with Gasteiger partial charge in [-0.25, -0.2) is 0 Å². The Balaban J connectivity index is 1.60. The monoisotopic (exact) mass is 274 g/mol. The van der Waals surface area contributed by atoms with Gasteiger partial charge >= 0.3 is 0 Å². The topological polar surface area (TPSA) is 15.3 Å². The van der Waals surface area contributed by atoms with Gasteiger partial charge in [0.05, 0.1) is 0 Å². The van der Waals surface area contributed by atoms with Crippen molar-refractivity contribution in [3.8, 4) is 0 Å². The van der Waals surface area contributed by atoms with Crippen LogP contribution in [0.4, 0.5) is 0 Å². The van der Waals surface area contributed by atoms with Crippen molar-refractivity contribution < 1.29 is 0 Å². The Bertz CT molecular complexity index is 353. The molecule has 0 atom stereocenters. The predicted molar refractivity (Wildman–Crippen MR) is 86.8 cm³/mol. The van der Waals surface area contributed by atoms with Crippen molar-refractivity contribution in [1.82, 2.24) is 10.2 Å². The lowest BCUT2D eigenvalue weighted by atomic mass is 9.92. The SMILES string of the molecule is CC(C)NCCCC1CCN(Cc2ccccc2)CC1. The van der Waals surface area contributed by atoms with Crippen molar-refractivity contribution >= 4 is 0 Å². The Hall–Kier alpha value is -0.860. The van der Waals surface area contributed by atoms with E-state index in [1.807, 2.05) is 0 Å². The Labute approximate surface area is 124 Å². The van der Waals surface area contributed by atoms with Crippen molar-refractivity contribution in [2.45, 2.75) is 52.1 Å². The van der Waals surface area contributed by atoms with Crippen LogP contribution >= 0.6 is 0 Å². The number of piperidine rings is 1. The first-order valence-corrected chi connectivity index (χ1v) is 8.23. The Kier molecular flexibility index (Phi) is 6.55. The average molecular weight is 274 g/mol. The molecule has 2 heteroatoms. The lowest BCUT2D eigenvalue weighted by Gasteiger charge is -2.32. The Morgan fingerprint density at radius 3 is 2.50 bits per heavy atom. The maximum absolute atomic E-state index is 3.52. The van der Waals surface area contributed by atoms with E-state index >= 15 is 0 Å². The minimum absolute atomic E-state index is 0.628. The van der Waals surface area contributed by atoms with Gasteiger partial charge in [0, 0.05) is 12.6 Å². The molecule has 2 nitrogen and oxygen atoms in total. The highest BCUT2D eigenvalue weighted by Crippen LogP contribution is 2.22. The smallest absolute Gasteiger partial charge is 0.0233 e. The quantitative estimate of drug-likeness (QED) is 0.763. The fourth-order valence-corrected chi connectivity index (χ4v) is 3.06. The number of benzene rings is 1. The molecule has 112 valence electrons. The highest BCUT2D eigenvalue weighted by molar-refractivity contribution is 5.14. The molecule has 0 radical (unpaired) electrons. The first kappa shape index (κ1) is 15.5. The zero-order valence-electron chi connectivity index (χ0n) is 13.1. The summed E-state index contributed by atoms with van der Waals surface area (Å²) in [5, 5.41) is 3.52. The number of nitrogens with zero attached hydrogens (tertiary/aromatic N) is 1. The molecule has 1 aliphatic heterocycles. The van der Waals surface area contributed by atoms with E-state index in [4.69, 9.17) is 0 Å². The normalized spacial score (nSPS) is 17.8. The minimum Gasteiger partial charge on any atom is -0.315 e. The van der Waals surface area contributed by atoms with Crippen LogP contribution < -0.4 is 5.32 Å². The number of nitrogens with one attached hydrogen (secondary N) is 1. The second kappa shape index (κ2) is 8.43. The zero-order chi connectivity index (χ0) is 14.2. The van der Waals surface area contributed by atoms with E-state index in [-0.39, 0.29) is 0 Å². The number of hydrogen-bond donors (Lipinski definition) is 1. The Morgan fingerprint density at radius 1 is 1.15 bits per heavy atom. The molecule has 0 bridgehead atoms. The van der Waals surface area contributed by atoms with Crippen molar-refractivity contribution in [3.05, 3.63) is 35.9 Å². The molecule has 0 saturated carbocycles. The first-order valence-electron chi connectivity index (χ1n) is 8.23. The minimum atomic E-state index is 0.628. The van der Waals surface area contributed by atoms with E-state index in [2.05, 4.69) is 54.4 Å². The molecule has 0 spiro atoms. The van der Waals surface area contributed by atoms with Crippen LogP contribution in [0.5, 0.6) is 0 Å². The fraction of sp³-hybridized carbons (Fsp3) is 0.667. The van der Waals surface area contributed by atoms with Crippen molar-refractivity contribution in [1.29, 1.82) is 0 Å². The van der Waals surface area contributed by atoms with Crippen LogP contribution in [-0.2, 0) is 6.54 Å². The van der Waals surface area contributed by atoms with E-state index in [1.54, 1.807) is 0 Å². The summed E-state index contributed by atoms with van der Waals surface area (Å²) in [5.41, 5.74) is 1.45. The summed E-state index contributed by atoms with van der Waals surface area (Å²) < 4.78 is 0. The summed E-state index contributed by atoms with van der Waals surface area (Å²) >= 11 is 0. The lowest BCUT2D eigenvalue weighted by Crippen LogP contribution is -2.33. The second-order valence-electron chi connectivity index (χ2n) is 6.46. The van der Waals surface area contributed by atoms with E-state index in [1.165, 1.54) is 50.9 Å². The van der Waals surface area contributed by atoms with Gasteiger partial charge in [-0.1, -0.05) is 44.2 Å². The summed E-state index contributed by atoms with van der Waals surface area (Å²) in [6.45, 7) is 9.31. The molecule has 0 aromatic heterocycles. The van der Waals surface area contributed by atoms with Crippen molar-refractivity contribution in [3.63, 3.8) is 0 Å². The zero-order valence-corrected chi connectivity index (χ0v) is 13.1.